The Morgan fingerprint density at radius 3 is 2.78 bits per heavy atom. The van der Waals surface area contributed by atoms with Gasteiger partial charge in [0.05, 0.1) is 22.4 Å². The van der Waals surface area contributed by atoms with Gasteiger partial charge in [-0.15, -0.1) is 0 Å². The minimum atomic E-state index is -0.205. The second-order valence-corrected chi connectivity index (χ2v) is 4.22. The van der Waals surface area contributed by atoms with Gasteiger partial charge < -0.3 is 15.7 Å². The Kier molecular flexibility index (Phi) is 2.31. The van der Waals surface area contributed by atoms with Crippen LogP contribution in [0.15, 0.2) is 23.0 Å². The van der Waals surface area contributed by atoms with Crippen molar-refractivity contribution in [2.75, 3.05) is 0 Å². The highest BCUT2D eigenvalue weighted by Gasteiger charge is 2.10. The average molecular weight is 243 g/mol. The van der Waals surface area contributed by atoms with Gasteiger partial charge in [0.15, 0.2) is 0 Å². The fraction of sp³-hybridized carbons (Fsp3) is 0.167. The topological polar surface area (TPSA) is 103 Å². The molecular weight excluding hydrogens is 230 g/mol. The van der Waals surface area contributed by atoms with Gasteiger partial charge in [-0.05, 0) is 24.6 Å². The number of nitrogens with one attached hydrogen (secondary N) is 3. The second-order valence-electron chi connectivity index (χ2n) is 4.22. The van der Waals surface area contributed by atoms with E-state index in [4.69, 9.17) is 5.73 Å². The van der Waals surface area contributed by atoms with E-state index in [9.17, 15) is 4.79 Å². The third kappa shape index (κ3) is 1.54. The molecule has 6 nitrogen and oxygen atoms in total. The maximum atomic E-state index is 11.2. The predicted octanol–water partition coefficient (Wildman–Crippen LogP) is 1.01. The maximum Gasteiger partial charge on any atom is 0.323 e. The summed E-state index contributed by atoms with van der Waals surface area (Å²) in [5, 5.41) is 7.18. The van der Waals surface area contributed by atoms with Crippen LogP contribution in [0.3, 0.4) is 0 Å². The first kappa shape index (κ1) is 10.8. The quantitative estimate of drug-likeness (QED) is 0.540. The summed E-state index contributed by atoms with van der Waals surface area (Å²) in [6.45, 7) is 2.41. The van der Waals surface area contributed by atoms with Gasteiger partial charge in [0.25, 0.3) is 0 Å². The van der Waals surface area contributed by atoms with E-state index >= 15 is 0 Å². The highest BCUT2D eigenvalue weighted by molar-refractivity contribution is 5.81. The maximum absolute atomic E-state index is 11.2. The first-order valence-corrected chi connectivity index (χ1v) is 5.65. The molecule has 18 heavy (non-hydrogen) atoms. The number of nitrogens with two attached hydrogens (primary N) is 1. The Balaban J connectivity index is 2.18. The molecule has 2 heterocycles. The zero-order valence-electron chi connectivity index (χ0n) is 9.87. The highest BCUT2D eigenvalue weighted by atomic mass is 16.1. The molecular formula is C12H13N5O. The molecule has 3 rings (SSSR count). The SMILES string of the molecule is Cc1c(-c2ccc3[nH]c(=O)[nH]c3c2)n[nH]c1CN. The van der Waals surface area contributed by atoms with Crippen molar-refractivity contribution in [3.8, 4) is 11.3 Å². The number of rotatable bonds is 2. The molecule has 0 atom stereocenters. The average Bonchev–Trinajstić information content (AvgIpc) is 2.89. The lowest BCUT2D eigenvalue weighted by atomic mass is 10.1. The molecule has 2 aromatic heterocycles. The molecule has 0 aliphatic carbocycles. The standard InChI is InChI=1S/C12H13N5O/c1-6-10(5-13)16-17-11(6)7-2-3-8-9(4-7)15-12(18)14-8/h2-4H,5,13H2,1H3,(H,16,17)(H2,14,15,18). The van der Waals surface area contributed by atoms with E-state index < -0.39 is 0 Å². The number of fused-ring (bicyclic) bond motifs is 1. The van der Waals surface area contributed by atoms with Crippen LogP contribution in [0.2, 0.25) is 0 Å². The lowest BCUT2D eigenvalue weighted by molar-refractivity contribution is 0.941. The molecule has 0 unspecified atom stereocenters. The fourth-order valence-corrected chi connectivity index (χ4v) is 2.09. The molecule has 1 aromatic carbocycles. The molecule has 0 spiro atoms. The Morgan fingerprint density at radius 2 is 2.06 bits per heavy atom. The van der Waals surface area contributed by atoms with Gasteiger partial charge in [-0.1, -0.05) is 6.07 Å². The van der Waals surface area contributed by atoms with Crippen LogP contribution in [0.5, 0.6) is 0 Å². The zero-order chi connectivity index (χ0) is 12.7. The minimum Gasteiger partial charge on any atom is -0.325 e. The summed E-state index contributed by atoms with van der Waals surface area (Å²) >= 11 is 0. The van der Waals surface area contributed by atoms with Crippen LogP contribution in [0.4, 0.5) is 0 Å². The Morgan fingerprint density at radius 1 is 1.28 bits per heavy atom. The number of aromatic nitrogens is 4. The van der Waals surface area contributed by atoms with E-state index in [1.165, 1.54) is 0 Å². The summed E-state index contributed by atoms with van der Waals surface area (Å²) in [4.78, 5) is 16.6. The Labute approximate surface area is 102 Å². The van der Waals surface area contributed by atoms with Crippen molar-refractivity contribution in [3.63, 3.8) is 0 Å². The third-order valence-corrected chi connectivity index (χ3v) is 3.10. The summed E-state index contributed by atoms with van der Waals surface area (Å²) in [6.07, 6.45) is 0. The number of aromatic amines is 3. The van der Waals surface area contributed by atoms with Crippen LogP contribution in [0.25, 0.3) is 22.3 Å². The van der Waals surface area contributed by atoms with E-state index in [1.807, 2.05) is 25.1 Å². The summed E-state index contributed by atoms with van der Waals surface area (Å²) in [5.74, 6) is 0. The van der Waals surface area contributed by atoms with Crippen molar-refractivity contribution >= 4 is 11.0 Å². The second kappa shape index (κ2) is 3.85. The molecule has 0 aliphatic heterocycles. The molecule has 0 aliphatic rings. The van der Waals surface area contributed by atoms with Gasteiger partial charge in [0, 0.05) is 12.1 Å². The zero-order valence-corrected chi connectivity index (χ0v) is 9.87. The smallest absolute Gasteiger partial charge is 0.323 e. The number of hydrogen-bond donors (Lipinski definition) is 4. The van der Waals surface area contributed by atoms with Crippen LogP contribution in [-0.4, -0.2) is 20.2 Å². The van der Waals surface area contributed by atoms with Gasteiger partial charge in [0.2, 0.25) is 0 Å². The van der Waals surface area contributed by atoms with Crippen molar-refractivity contribution in [2.24, 2.45) is 5.73 Å². The lowest BCUT2D eigenvalue weighted by Gasteiger charge is -1.99. The van der Waals surface area contributed by atoms with Crippen molar-refractivity contribution in [1.82, 2.24) is 20.2 Å². The van der Waals surface area contributed by atoms with Gasteiger partial charge in [-0.3, -0.25) is 5.10 Å². The van der Waals surface area contributed by atoms with Gasteiger partial charge in [-0.2, -0.15) is 5.10 Å². The van der Waals surface area contributed by atoms with E-state index in [1.54, 1.807) is 0 Å². The van der Waals surface area contributed by atoms with Crippen LogP contribution in [0, 0.1) is 6.92 Å². The van der Waals surface area contributed by atoms with Crippen molar-refractivity contribution < 1.29 is 0 Å². The van der Waals surface area contributed by atoms with Gasteiger partial charge >= 0.3 is 5.69 Å². The number of benzene rings is 1. The molecule has 0 bridgehead atoms. The summed E-state index contributed by atoms with van der Waals surface area (Å²) in [6, 6.07) is 5.69. The highest BCUT2D eigenvalue weighted by Crippen LogP contribution is 2.24. The normalized spacial score (nSPS) is 11.2. The molecule has 0 fully saturated rings. The first-order valence-electron chi connectivity index (χ1n) is 5.65. The number of nitrogens with zero attached hydrogens (tertiary/aromatic N) is 1. The lowest BCUT2D eigenvalue weighted by Crippen LogP contribution is -1.99. The Hall–Kier alpha value is -2.34. The van der Waals surface area contributed by atoms with Gasteiger partial charge in [0.1, 0.15) is 0 Å². The van der Waals surface area contributed by atoms with E-state index in [2.05, 4.69) is 20.2 Å². The molecule has 6 heteroatoms. The molecule has 0 radical (unpaired) electrons. The third-order valence-electron chi connectivity index (χ3n) is 3.10. The minimum absolute atomic E-state index is 0.205. The van der Waals surface area contributed by atoms with Crippen LogP contribution < -0.4 is 11.4 Å². The number of H-pyrrole nitrogens is 3. The largest absolute Gasteiger partial charge is 0.325 e. The number of imidazole rings is 1. The number of hydrogen-bond acceptors (Lipinski definition) is 3. The molecule has 92 valence electrons. The summed E-state index contributed by atoms with van der Waals surface area (Å²) in [7, 11) is 0. The first-order chi connectivity index (χ1) is 8.69. The van der Waals surface area contributed by atoms with E-state index in [-0.39, 0.29) is 5.69 Å². The van der Waals surface area contributed by atoms with Gasteiger partial charge in [-0.25, -0.2) is 4.79 Å². The van der Waals surface area contributed by atoms with Crippen molar-refractivity contribution in [1.29, 1.82) is 0 Å². The molecule has 5 N–H and O–H groups in total. The van der Waals surface area contributed by atoms with Crippen LogP contribution in [-0.2, 0) is 6.54 Å². The predicted molar refractivity (Wildman–Crippen MR) is 69.1 cm³/mol. The molecule has 0 saturated carbocycles. The molecule has 0 saturated heterocycles. The van der Waals surface area contributed by atoms with Crippen molar-refractivity contribution in [2.45, 2.75) is 13.5 Å². The molecule has 0 amide bonds. The van der Waals surface area contributed by atoms with Crippen LogP contribution >= 0.6 is 0 Å². The monoisotopic (exact) mass is 243 g/mol. The summed E-state index contributed by atoms with van der Waals surface area (Å²) in [5.41, 5.74) is 10.7. The van der Waals surface area contributed by atoms with Crippen LogP contribution in [0.1, 0.15) is 11.3 Å². The molecule has 3 aromatic rings. The van der Waals surface area contributed by atoms with Crippen molar-refractivity contribution in [3.05, 3.63) is 39.9 Å². The fourth-order valence-electron chi connectivity index (χ4n) is 2.09. The summed E-state index contributed by atoms with van der Waals surface area (Å²) < 4.78 is 0. The van der Waals surface area contributed by atoms with E-state index in [0.717, 1.165) is 33.5 Å². The Bertz CT molecular complexity index is 764. The van der Waals surface area contributed by atoms with E-state index in [0.29, 0.717) is 6.54 Å².